The Morgan fingerprint density at radius 2 is 2.30 bits per heavy atom. The maximum absolute atomic E-state index is 10.3. The summed E-state index contributed by atoms with van der Waals surface area (Å²) in [7, 11) is 0. The van der Waals surface area contributed by atoms with Crippen molar-refractivity contribution < 1.29 is 4.79 Å². The van der Waals surface area contributed by atoms with Crippen molar-refractivity contribution in [1.29, 1.82) is 0 Å². The van der Waals surface area contributed by atoms with Crippen molar-refractivity contribution in [2.24, 2.45) is 5.92 Å². The lowest BCUT2D eigenvalue weighted by Gasteiger charge is -2.08. The number of carbonyl (C=O) groups is 1. The summed E-state index contributed by atoms with van der Waals surface area (Å²) in [5.41, 5.74) is 0. The lowest BCUT2D eigenvalue weighted by molar-refractivity contribution is 0.259. The molecule has 0 saturated heterocycles. The largest absolute Gasteiger partial charge is 0.347 e. The van der Waals surface area contributed by atoms with Crippen molar-refractivity contribution in [2.75, 3.05) is 6.54 Å². The standard InChI is InChI=1S/C7H15NOS/c1-3-4-6(2)5-8-7(9)10/h6H,3-5H2,1-2H3,(H2,8,9,10). The molecular formula is C7H15NOS. The maximum Gasteiger partial charge on any atom is 0.275 e. The second kappa shape index (κ2) is 5.59. The normalized spacial score (nSPS) is 12.7. The second-order valence-corrected chi connectivity index (χ2v) is 2.99. The van der Waals surface area contributed by atoms with Gasteiger partial charge in [-0.25, -0.2) is 0 Å². The van der Waals surface area contributed by atoms with E-state index in [9.17, 15) is 4.79 Å². The fourth-order valence-corrected chi connectivity index (χ4v) is 0.948. The van der Waals surface area contributed by atoms with Crippen molar-refractivity contribution in [3.8, 4) is 0 Å². The van der Waals surface area contributed by atoms with Crippen LogP contribution in [-0.4, -0.2) is 11.8 Å². The molecule has 1 amide bonds. The van der Waals surface area contributed by atoms with Crippen molar-refractivity contribution in [1.82, 2.24) is 5.32 Å². The highest BCUT2D eigenvalue weighted by Crippen LogP contribution is 2.02. The molecule has 0 aromatic carbocycles. The van der Waals surface area contributed by atoms with E-state index in [4.69, 9.17) is 0 Å². The lowest BCUT2D eigenvalue weighted by atomic mass is 10.1. The molecule has 0 spiro atoms. The fraction of sp³-hybridized carbons (Fsp3) is 0.857. The summed E-state index contributed by atoms with van der Waals surface area (Å²) in [6, 6.07) is 0. The molecular weight excluding hydrogens is 146 g/mol. The van der Waals surface area contributed by atoms with E-state index < -0.39 is 0 Å². The molecule has 0 aromatic rings. The minimum Gasteiger partial charge on any atom is -0.347 e. The molecule has 0 bridgehead atoms. The van der Waals surface area contributed by atoms with Crippen LogP contribution in [0.15, 0.2) is 0 Å². The predicted octanol–water partition coefficient (Wildman–Crippen LogP) is 2.06. The molecule has 1 unspecified atom stereocenters. The number of carbonyl (C=O) groups excluding carboxylic acids is 1. The lowest BCUT2D eigenvalue weighted by Crippen LogP contribution is -2.23. The number of nitrogens with one attached hydrogen (secondary N) is 1. The molecule has 0 heterocycles. The molecule has 0 rings (SSSR count). The SMILES string of the molecule is CCCC(C)CNC(=O)S. The first-order valence-corrected chi connectivity index (χ1v) is 4.08. The summed E-state index contributed by atoms with van der Waals surface area (Å²) in [5, 5.41) is 2.42. The molecule has 0 fully saturated rings. The van der Waals surface area contributed by atoms with Gasteiger partial charge in [0.2, 0.25) is 0 Å². The van der Waals surface area contributed by atoms with Crippen LogP contribution >= 0.6 is 12.6 Å². The third-order valence-corrected chi connectivity index (χ3v) is 1.54. The zero-order chi connectivity index (χ0) is 7.98. The van der Waals surface area contributed by atoms with Gasteiger partial charge < -0.3 is 5.32 Å². The Morgan fingerprint density at radius 3 is 2.70 bits per heavy atom. The van der Waals surface area contributed by atoms with Crippen molar-refractivity contribution >= 4 is 17.9 Å². The predicted molar refractivity (Wildman–Crippen MR) is 46.5 cm³/mol. The van der Waals surface area contributed by atoms with E-state index in [1.807, 2.05) is 0 Å². The van der Waals surface area contributed by atoms with Gasteiger partial charge in [0.25, 0.3) is 5.24 Å². The molecule has 60 valence electrons. The van der Waals surface area contributed by atoms with Gasteiger partial charge in [0.15, 0.2) is 0 Å². The number of rotatable bonds is 4. The van der Waals surface area contributed by atoms with Crippen LogP contribution in [0.3, 0.4) is 0 Å². The van der Waals surface area contributed by atoms with Gasteiger partial charge in [0, 0.05) is 6.54 Å². The number of amides is 1. The summed E-state index contributed by atoms with van der Waals surface area (Å²) in [6.07, 6.45) is 2.33. The first-order valence-electron chi connectivity index (χ1n) is 3.63. The molecule has 0 radical (unpaired) electrons. The van der Waals surface area contributed by atoms with Crippen LogP contribution in [0.1, 0.15) is 26.7 Å². The van der Waals surface area contributed by atoms with E-state index in [0.29, 0.717) is 5.92 Å². The number of thiol groups is 1. The van der Waals surface area contributed by atoms with E-state index in [-0.39, 0.29) is 5.24 Å². The van der Waals surface area contributed by atoms with Crippen molar-refractivity contribution in [3.05, 3.63) is 0 Å². The van der Waals surface area contributed by atoms with Gasteiger partial charge in [-0.1, -0.05) is 32.9 Å². The molecule has 3 heteroatoms. The van der Waals surface area contributed by atoms with Gasteiger partial charge in [0.1, 0.15) is 0 Å². The number of hydrogen-bond donors (Lipinski definition) is 2. The monoisotopic (exact) mass is 161 g/mol. The van der Waals surface area contributed by atoms with Crippen LogP contribution in [0, 0.1) is 5.92 Å². The molecule has 0 aliphatic carbocycles. The third-order valence-electron chi connectivity index (χ3n) is 1.38. The van der Waals surface area contributed by atoms with Crippen molar-refractivity contribution in [3.63, 3.8) is 0 Å². The van der Waals surface area contributed by atoms with Crippen LogP contribution in [-0.2, 0) is 0 Å². The Morgan fingerprint density at radius 1 is 1.70 bits per heavy atom. The summed E-state index contributed by atoms with van der Waals surface area (Å²) < 4.78 is 0. The third kappa shape index (κ3) is 5.95. The minimum atomic E-state index is -0.233. The van der Waals surface area contributed by atoms with E-state index in [0.717, 1.165) is 13.0 Å². The molecule has 1 atom stereocenters. The quantitative estimate of drug-likeness (QED) is 0.607. The average Bonchev–Trinajstić information content (AvgIpc) is 1.85. The maximum atomic E-state index is 10.3. The zero-order valence-corrected chi connectivity index (χ0v) is 7.45. The molecule has 0 aliphatic heterocycles. The minimum absolute atomic E-state index is 0.233. The molecule has 1 N–H and O–H groups in total. The smallest absolute Gasteiger partial charge is 0.275 e. The molecule has 2 nitrogen and oxygen atoms in total. The number of hydrogen-bond acceptors (Lipinski definition) is 1. The summed E-state index contributed by atoms with van der Waals surface area (Å²) in [5.74, 6) is 0.570. The van der Waals surface area contributed by atoms with Crippen LogP contribution in [0.2, 0.25) is 0 Å². The van der Waals surface area contributed by atoms with E-state index in [1.165, 1.54) is 6.42 Å². The van der Waals surface area contributed by atoms with Gasteiger partial charge in [-0.05, 0) is 12.3 Å². The first kappa shape index (κ1) is 9.82. The first-order chi connectivity index (χ1) is 4.66. The fourth-order valence-electron chi connectivity index (χ4n) is 0.856. The highest BCUT2D eigenvalue weighted by Gasteiger charge is 2.00. The topological polar surface area (TPSA) is 29.1 Å². The van der Waals surface area contributed by atoms with Crippen molar-refractivity contribution in [2.45, 2.75) is 26.7 Å². The van der Waals surface area contributed by atoms with Gasteiger partial charge in [-0.3, -0.25) is 4.79 Å². The second-order valence-electron chi connectivity index (χ2n) is 2.58. The molecule has 0 saturated carbocycles. The average molecular weight is 161 g/mol. The highest BCUT2D eigenvalue weighted by molar-refractivity contribution is 7.96. The van der Waals surface area contributed by atoms with Crippen LogP contribution in [0.25, 0.3) is 0 Å². The van der Waals surface area contributed by atoms with Crippen LogP contribution < -0.4 is 5.32 Å². The molecule has 0 aromatic heterocycles. The summed E-state index contributed by atoms with van der Waals surface area (Å²) in [6.45, 7) is 5.00. The van der Waals surface area contributed by atoms with Crippen LogP contribution in [0.5, 0.6) is 0 Å². The summed E-state index contributed by atoms with van der Waals surface area (Å²) >= 11 is 3.59. The summed E-state index contributed by atoms with van der Waals surface area (Å²) in [4.78, 5) is 10.3. The molecule has 0 aliphatic rings. The van der Waals surface area contributed by atoms with Crippen LogP contribution in [0.4, 0.5) is 4.79 Å². The van der Waals surface area contributed by atoms with Gasteiger partial charge >= 0.3 is 0 Å². The van der Waals surface area contributed by atoms with Gasteiger partial charge in [-0.15, -0.1) is 0 Å². The Bertz CT molecular complexity index is 106. The van der Waals surface area contributed by atoms with Gasteiger partial charge in [-0.2, -0.15) is 0 Å². The van der Waals surface area contributed by atoms with Gasteiger partial charge in [0.05, 0.1) is 0 Å². The molecule has 10 heavy (non-hydrogen) atoms. The Hall–Kier alpha value is -0.180. The highest BCUT2D eigenvalue weighted by atomic mass is 32.1. The van der Waals surface area contributed by atoms with E-state index in [1.54, 1.807) is 0 Å². The zero-order valence-electron chi connectivity index (χ0n) is 6.55. The Kier molecular flexibility index (Phi) is 5.49. The Labute approximate surface area is 67.8 Å². The Balaban J connectivity index is 3.21. The van der Waals surface area contributed by atoms with E-state index >= 15 is 0 Å². The van der Waals surface area contributed by atoms with E-state index in [2.05, 4.69) is 31.8 Å².